The Morgan fingerprint density at radius 2 is 2.10 bits per heavy atom. The minimum absolute atomic E-state index is 0.0230. The maximum Gasteiger partial charge on any atom is 0.281 e. The average molecular weight is 291 g/mol. The molecule has 0 aliphatic rings. The van der Waals surface area contributed by atoms with Crippen molar-refractivity contribution < 1.29 is 9.72 Å². The van der Waals surface area contributed by atoms with Crippen LogP contribution in [0.5, 0.6) is 0 Å². The van der Waals surface area contributed by atoms with Crippen LogP contribution < -0.4 is 0 Å². The topological polar surface area (TPSA) is 73.1 Å². The van der Waals surface area contributed by atoms with Gasteiger partial charge in [-0.3, -0.25) is 19.9 Å². The summed E-state index contributed by atoms with van der Waals surface area (Å²) in [6.07, 6.45) is 1.62. The van der Waals surface area contributed by atoms with Crippen LogP contribution in [0.4, 0.5) is 5.69 Å². The first-order valence-electron chi connectivity index (χ1n) is 5.86. The smallest absolute Gasteiger partial charge is 0.281 e. The molecule has 2 rings (SSSR count). The lowest BCUT2D eigenvalue weighted by molar-refractivity contribution is -0.385. The number of ketones is 1. The number of hydrogen-bond donors (Lipinski definition) is 0. The summed E-state index contributed by atoms with van der Waals surface area (Å²) in [5.74, 6) is -0.418. The van der Waals surface area contributed by atoms with Crippen molar-refractivity contribution in [2.45, 2.75) is 13.3 Å². The molecule has 0 atom stereocenters. The zero-order chi connectivity index (χ0) is 14.7. The fourth-order valence-corrected chi connectivity index (χ4v) is 2.07. The van der Waals surface area contributed by atoms with Gasteiger partial charge >= 0.3 is 0 Å². The van der Waals surface area contributed by atoms with Crippen molar-refractivity contribution in [3.63, 3.8) is 0 Å². The maximum absolute atomic E-state index is 12.2. The Balaban J connectivity index is 2.34. The van der Waals surface area contributed by atoms with Gasteiger partial charge in [-0.25, -0.2) is 0 Å². The summed E-state index contributed by atoms with van der Waals surface area (Å²) in [5.41, 5.74) is 1.18. The Hall–Kier alpha value is -2.27. The van der Waals surface area contributed by atoms with Crippen molar-refractivity contribution in [1.82, 2.24) is 4.98 Å². The second kappa shape index (κ2) is 5.79. The number of nitro benzene ring substituents is 1. The quantitative estimate of drug-likeness (QED) is 0.491. The average Bonchev–Trinajstić information content (AvgIpc) is 2.40. The zero-order valence-corrected chi connectivity index (χ0v) is 11.4. The van der Waals surface area contributed by atoms with E-state index in [1.807, 2.05) is 13.0 Å². The van der Waals surface area contributed by atoms with Crippen LogP contribution in [0, 0.1) is 17.0 Å². The van der Waals surface area contributed by atoms with E-state index in [0.29, 0.717) is 5.69 Å². The predicted molar refractivity (Wildman–Crippen MR) is 75.1 cm³/mol. The van der Waals surface area contributed by atoms with Crippen molar-refractivity contribution in [3.05, 3.63) is 68.5 Å². The van der Waals surface area contributed by atoms with Gasteiger partial charge in [0, 0.05) is 18.0 Å². The van der Waals surface area contributed by atoms with Gasteiger partial charge in [-0.15, -0.1) is 0 Å². The first kappa shape index (κ1) is 14.1. The molecule has 0 bridgehead atoms. The van der Waals surface area contributed by atoms with Crippen molar-refractivity contribution in [2.75, 3.05) is 0 Å². The highest BCUT2D eigenvalue weighted by atomic mass is 35.5. The molecule has 6 heteroatoms. The lowest BCUT2D eigenvalue weighted by Crippen LogP contribution is -2.09. The number of aromatic nitrogens is 1. The molecule has 0 aliphatic carbocycles. The van der Waals surface area contributed by atoms with Crippen molar-refractivity contribution in [2.24, 2.45) is 0 Å². The molecule has 0 spiro atoms. The zero-order valence-electron chi connectivity index (χ0n) is 10.7. The minimum Gasteiger partial charge on any atom is -0.293 e. The molecule has 20 heavy (non-hydrogen) atoms. The summed E-state index contributed by atoms with van der Waals surface area (Å²) in [6, 6.07) is 7.72. The van der Waals surface area contributed by atoms with E-state index in [4.69, 9.17) is 11.6 Å². The summed E-state index contributed by atoms with van der Waals surface area (Å²) >= 11 is 5.91. The number of carbonyl (C=O) groups excluding carboxylic acids is 1. The highest BCUT2D eigenvalue weighted by molar-refractivity contribution is 6.34. The Morgan fingerprint density at radius 3 is 2.70 bits per heavy atom. The van der Waals surface area contributed by atoms with E-state index in [1.54, 1.807) is 12.3 Å². The van der Waals surface area contributed by atoms with E-state index in [2.05, 4.69) is 4.98 Å². The van der Waals surface area contributed by atoms with Gasteiger partial charge in [0.25, 0.3) is 5.69 Å². The van der Waals surface area contributed by atoms with Crippen molar-refractivity contribution in [3.8, 4) is 0 Å². The van der Waals surface area contributed by atoms with Crippen LogP contribution in [-0.4, -0.2) is 15.7 Å². The lowest BCUT2D eigenvalue weighted by atomic mass is 10.0. The highest BCUT2D eigenvalue weighted by Crippen LogP contribution is 2.27. The van der Waals surface area contributed by atoms with Gasteiger partial charge < -0.3 is 0 Å². The summed E-state index contributed by atoms with van der Waals surface area (Å²) in [4.78, 5) is 26.7. The predicted octanol–water partition coefficient (Wildman–Crippen LogP) is 3.38. The van der Waals surface area contributed by atoms with Gasteiger partial charge in [0.2, 0.25) is 0 Å². The number of benzene rings is 1. The molecule has 102 valence electrons. The van der Waals surface area contributed by atoms with Crippen LogP contribution in [0.3, 0.4) is 0 Å². The summed E-state index contributed by atoms with van der Waals surface area (Å²) in [7, 11) is 0. The molecule has 1 aromatic heterocycles. The lowest BCUT2D eigenvalue weighted by Gasteiger charge is -2.04. The molecule has 5 nitrogen and oxygen atoms in total. The minimum atomic E-state index is -0.609. The van der Waals surface area contributed by atoms with Gasteiger partial charge in [-0.05, 0) is 24.6 Å². The summed E-state index contributed by atoms with van der Waals surface area (Å²) in [5, 5.41) is 11.0. The normalized spacial score (nSPS) is 10.3. The Bertz CT molecular complexity index is 669. The second-order valence-electron chi connectivity index (χ2n) is 4.32. The van der Waals surface area contributed by atoms with Gasteiger partial charge in [-0.1, -0.05) is 23.7 Å². The van der Waals surface area contributed by atoms with E-state index >= 15 is 0 Å². The molecule has 0 aliphatic heterocycles. The van der Waals surface area contributed by atoms with Gasteiger partial charge in [0.1, 0.15) is 5.56 Å². The van der Waals surface area contributed by atoms with E-state index < -0.39 is 10.7 Å². The first-order chi connectivity index (χ1) is 9.49. The monoisotopic (exact) mass is 290 g/mol. The Morgan fingerprint density at radius 1 is 1.35 bits per heavy atom. The third-order valence-electron chi connectivity index (χ3n) is 2.78. The van der Waals surface area contributed by atoms with Crippen LogP contribution in [0.2, 0.25) is 5.02 Å². The number of aryl methyl sites for hydroxylation is 1. The molecule has 0 N–H and O–H groups in total. The third-order valence-corrected chi connectivity index (χ3v) is 3.10. The van der Waals surface area contributed by atoms with Crippen LogP contribution in [0.1, 0.15) is 21.6 Å². The van der Waals surface area contributed by atoms with E-state index in [-0.39, 0.29) is 22.7 Å². The van der Waals surface area contributed by atoms with Gasteiger partial charge in [0.05, 0.1) is 16.4 Å². The number of nitrogens with zero attached hydrogens (tertiary/aromatic N) is 2. The Kier molecular flexibility index (Phi) is 4.10. The number of hydrogen-bond acceptors (Lipinski definition) is 4. The number of rotatable bonds is 4. The molecule has 0 amide bonds. The van der Waals surface area contributed by atoms with Gasteiger partial charge in [-0.2, -0.15) is 0 Å². The van der Waals surface area contributed by atoms with Crippen LogP contribution in [0.25, 0.3) is 0 Å². The van der Waals surface area contributed by atoms with E-state index in [0.717, 1.165) is 5.56 Å². The van der Waals surface area contributed by atoms with Crippen molar-refractivity contribution in [1.29, 1.82) is 0 Å². The summed E-state index contributed by atoms with van der Waals surface area (Å²) < 4.78 is 0. The molecule has 0 saturated heterocycles. The summed E-state index contributed by atoms with van der Waals surface area (Å²) in [6.45, 7) is 1.89. The molecule has 2 aromatic rings. The number of pyridine rings is 1. The fraction of sp³-hybridized carbons (Fsp3) is 0.143. The van der Waals surface area contributed by atoms with Crippen LogP contribution in [-0.2, 0) is 6.42 Å². The number of nitro groups is 1. The van der Waals surface area contributed by atoms with Crippen molar-refractivity contribution >= 4 is 23.1 Å². The number of halogens is 1. The van der Waals surface area contributed by atoms with Crippen LogP contribution >= 0.6 is 11.6 Å². The second-order valence-corrected chi connectivity index (χ2v) is 4.73. The largest absolute Gasteiger partial charge is 0.293 e. The maximum atomic E-state index is 12.2. The molecular formula is C14H11ClN2O3. The molecule has 0 fully saturated rings. The Labute approximate surface area is 120 Å². The third kappa shape index (κ3) is 3.00. The van der Waals surface area contributed by atoms with Crippen LogP contribution in [0.15, 0.2) is 36.5 Å². The molecular weight excluding hydrogens is 280 g/mol. The van der Waals surface area contributed by atoms with E-state index in [1.165, 1.54) is 18.2 Å². The molecule has 0 saturated carbocycles. The van der Waals surface area contributed by atoms with Gasteiger partial charge in [0.15, 0.2) is 5.78 Å². The standard InChI is InChI=1S/C14H11ClN2O3/c1-9-5-6-10(16-8-9)7-13(18)14-11(15)3-2-4-12(14)17(19)20/h2-6,8H,7H2,1H3. The fourth-order valence-electron chi connectivity index (χ4n) is 1.80. The molecule has 0 unspecified atom stereocenters. The van der Waals surface area contributed by atoms with E-state index in [9.17, 15) is 14.9 Å². The molecule has 1 aromatic carbocycles. The number of Topliss-reactive ketones (excluding diaryl/α,β-unsaturated/α-hetero) is 1. The molecule has 0 radical (unpaired) electrons. The number of carbonyl (C=O) groups is 1. The molecule has 1 heterocycles. The highest BCUT2D eigenvalue weighted by Gasteiger charge is 2.23. The SMILES string of the molecule is Cc1ccc(CC(=O)c2c(Cl)cccc2[N+](=O)[O-])nc1. The first-order valence-corrected chi connectivity index (χ1v) is 6.24.